The number of phenols is 1. The number of fused-ring (bicyclic) bond motifs is 3. The number of aromatic hydroxyl groups is 1. The van der Waals surface area contributed by atoms with Crippen LogP contribution in [0.4, 0.5) is 0 Å². The SMILES string of the molecule is CCC1=C2B(O)O[C@H](c3ccc(O)cc3Cl)C[C@H]2[C@H]2C(=O)N(Cc3cccs3)C(=O)[C@H]2C1. The minimum absolute atomic E-state index is 0.0440. The molecule has 1 aromatic carbocycles. The van der Waals surface area contributed by atoms with Crippen molar-refractivity contribution in [1.29, 1.82) is 0 Å². The molecule has 5 rings (SSSR count). The molecule has 1 aromatic heterocycles. The van der Waals surface area contributed by atoms with E-state index in [4.69, 9.17) is 16.3 Å². The van der Waals surface area contributed by atoms with E-state index in [1.165, 1.54) is 28.4 Å². The number of carbonyl (C=O) groups is 2. The van der Waals surface area contributed by atoms with Gasteiger partial charge < -0.3 is 14.8 Å². The molecule has 2 aliphatic heterocycles. The van der Waals surface area contributed by atoms with Gasteiger partial charge in [0.1, 0.15) is 5.75 Å². The van der Waals surface area contributed by atoms with Crippen LogP contribution in [-0.2, 0) is 20.8 Å². The average Bonchev–Trinajstić information content (AvgIpc) is 3.36. The van der Waals surface area contributed by atoms with Crippen LogP contribution < -0.4 is 0 Å². The first-order chi connectivity index (χ1) is 15.4. The summed E-state index contributed by atoms with van der Waals surface area (Å²) >= 11 is 7.87. The maximum atomic E-state index is 13.5. The van der Waals surface area contributed by atoms with E-state index in [0.29, 0.717) is 29.8 Å². The molecule has 9 heteroatoms. The van der Waals surface area contributed by atoms with Crippen molar-refractivity contribution in [3.8, 4) is 5.75 Å². The molecule has 0 unspecified atom stereocenters. The fraction of sp³-hybridized carbons (Fsp3) is 0.391. The minimum Gasteiger partial charge on any atom is -0.508 e. The molecule has 0 radical (unpaired) electrons. The lowest BCUT2D eigenvalue weighted by molar-refractivity contribution is -0.140. The Morgan fingerprint density at radius 3 is 2.75 bits per heavy atom. The van der Waals surface area contributed by atoms with Gasteiger partial charge in [-0.3, -0.25) is 14.5 Å². The van der Waals surface area contributed by atoms with E-state index in [1.807, 2.05) is 24.4 Å². The molecule has 3 heterocycles. The lowest BCUT2D eigenvalue weighted by Crippen LogP contribution is -2.44. The van der Waals surface area contributed by atoms with E-state index < -0.39 is 25.1 Å². The zero-order valence-electron chi connectivity index (χ0n) is 17.5. The molecule has 6 nitrogen and oxygen atoms in total. The molecule has 32 heavy (non-hydrogen) atoms. The highest BCUT2D eigenvalue weighted by Crippen LogP contribution is 2.52. The van der Waals surface area contributed by atoms with E-state index in [0.717, 1.165) is 15.9 Å². The number of nitrogens with zero attached hydrogens (tertiary/aromatic N) is 1. The standard InChI is InChI=1S/C23H23BClNO5S/c1-2-12-8-17-20(23(29)26(22(17)28)11-14-4-3-7-32-14)16-10-19(31-24(30)21(12)16)15-6-5-13(27)9-18(15)25/h3-7,9,16-17,19-20,27,30H,2,8,10-11H2,1H3/t16-,17-,19-,20+/m0/s1. The summed E-state index contributed by atoms with van der Waals surface area (Å²) in [5.41, 5.74) is 2.40. The van der Waals surface area contributed by atoms with Gasteiger partial charge in [0.15, 0.2) is 0 Å². The number of imide groups is 1. The second kappa shape index (κ2) is 8.34. The summed E-state index contributed by atoms with van der Waals surface area (Å²) in [6.07, 6.45) is 1.06. The number of halogens is 1. The van der Waals surface area contributed by atoms with Crippen molar-refractivity contribution in [3.63, 3.8) is 0 Å². The Kier molecular flexibility index (Phi) is 5.66. The van der Waals surface area contributed by atoms with E-state index in [2.05, 4.69) is 0 Å². The lowest BCUT2D eigenvalue weighted by atomic mass is 9.55. The van der Waals surface area contributed by atoms with Crippen molar-refractivity contribution in [3.05, 3.63) is 62.2 Å². The van der Waals surface area contributed by atoms with Gasteiger partial charge >= 0.3 is 7.12 Å². The maximum absolute atomic E-state index is 13.5. The van der Waals surface area contributed by atoms with Crippen LogP contribution in [0.1, 0.15) is 42.7 Å². The minimum atomic E-state index is -1.16. The molecule has 2 N–H and O–H groups in total. The van der Waals surface area contributed by atoms with Gasteiger partial charge in [0.2, 0.25) is 11.8 Å². The third-order valence-corrected chi connectivity index (χ3v) is 8.14. The largest absolute Gasteiger partial charge is 0.508 e. The van der Waals surface area contributed by atoms with Gasteiger partial charge in [-0.1, -0.05) is 36.2 Å². The predicted octanol–water partition coefficient (Wildman–Crippen LogP) is 4.12. The molecule has 2 aromatic rings. The number of amides is 2. The smallest absolute Gasteiger partial charge is 0.487 e. The van der Waals surface area contributed by atoms with Gasteiger partial charge in [0.05, 0.1) is 24.5 Å². The highest BCUT2D eigenvalue weighted by atomic mass is 35.5. The number of hydrogen-bond donors (Lipinski definition) is 2. The number of benzene rings is 1. The molecule has 0 saturated carbocycles. The van der Waals surface area contributed by atoms with Crippen molar-refractivity contribution >= 4 is 41.9 Å². The zero-order valence-corrected chi connectivity index (χ0v) is 19.1. The molecule has 2 fully saturated rings. The summed E-state index contributed by atoms with van der Waals surface area (Å²) in [7, 11) is -1.16. The summed E-state index contributed by atoms with van der Waals surface area (Å²) in [4.78, 5) is 29.1. The van der Waals surface area contributed by atoms with Gasteiger partial charge in [-0.15, -0.1) is 11.3 Å². The van der Waals surface area contributed by atoms with Crippen LogP contribution in [0.3, 0.4) is 0 Å². The normalized spacial score (nSPS) is 27.7. The van der Waals surface area contributed by atoms with Crippen LogP contribution in [0, 0.1) is 17.8 Å². The van der Waals surface area contributed by atoms with Crippen LogP contribution in [0.5, 0.6) is 5.75 Å². The first-order valence-corrected chi connectivity index (χ1v) is 12.1. The number of allylic oxidation sites excluding steroid dienone is 2. The monoisotopic (exact) mass is 471 g/mol. The number of phenolic OH excluding ortho intramolecular Hbond substituents is 1. The number of carbonyl (C=O) groups excluding carboxylic acids is 2. The predicted molar refractivity (Wildman–Crippen MR) is 122 cm³/mol. The Morgan fingerprint density at radius 2 is 2.06 bits per heavy atom. The first kappa shape index (κ1) is 21.7. The van der Waals surface area contributed by atoms with E-state index in [9.17, 15) is 19.7 Å². The molecule has 0 bridgehead atoms. The van der Waals surface area contributed by atoms with Crippen molar-refractivity contribution in [1.82, 2.24) is 4.90 Å². The summed E-state index contributed by atoms with van der Waals surface area (Å²) in [6, 6.07) is 8.47. The number of likely N-dealkylation sites (tertiary alicyclic amines) is 1. The Morgan fingerprint density at radius 1 is 1.25 bits per heavy atom. The maximum Gasteiger partial charge on any atom is 0.487 e. The molecular weight excluding hydrogens is 449 g/mol. The first-order valence-electron chi connectivity index (χ1n) is 10.8. The summed E-state index contributed by atoms with van der Waals surface area (Å²) < 4.78 is 5.94. The van der Waals surface area contributed by atoms with Crippen LogP contribution in [0.2, 0.25) is 5.02 Å². The molecule has 3 aliphatic rings. The second-order valence-corrected chi connectivity index (χ2v) is 10.1. The summed E-state index contributed by atoms with van der Waals surface area (Å²) in [5, 5.41) is 22.9. The van der Waals surface area contributed by atoms with E-state index >= 15 is 0 Å². The van der Waals surface area contributed by atoms with Gasteiger partial charge in [0.25, 0.3) is 0 Å². The number of thiophene rings is 1. The average molecular weight is 472 g/mol. The Hall–Kier alpha value is -2.13. The highest BCUT2D eigenvalue weighted by Gasteiger charge is 2.57. The zero-order chi connectivity index (χ0) is 22.6. The molecule has 0 spiro atoms. The van der Waals surface area contributed by atoms with Crippen molar-refractivity contribution in [2.75, 3.05) is 0 Å². The quantitative estimate of drug-likeness (QED) is 0.517. The molecule has 1 aliphatic carbocycles. The van der Waals surface area contributed by atoms with Crippen molar-refractivity contribution in [2.45, 2.75) is 38.8 Å². The second-order valence-electron chi connectivity index (χ2n) is 8.62. The van der Waals surface area contributed by atoms with Crippen molar-refractivity contribution < 1.29 is 24.4 Å². The molecule has 2 amide bonds. The molecule has 166 valence electrons. The van der Waals surface area contributed by atoms with Gasteiger partial charge in [-0.05, 0) is 59.8 Å². The number of rotatable bonds is 4. The summed E-state index contributed by atoms with van der Waals surface area (Å²) in [5.74, 6) is -1.47. The fourth-order valence-electron chi connectivity index (χ4n) is 5.51. The van der Waals surface area contributed by atoms with Crippen LogP contribution >= 0.6 is 22.9 Å². The van der Waals surface area contributed by atoms with Crippen LogP contribution in [-0.4, -0.2) is 34.0 Å². The van der Waals surface area contributed by atoms with E-state index in [1.54, 1.807) is 6.07 Å². The van der Waals surface area contributed by atoms with Gasteiger partial charge in [-0.2, -0.15) is 0 Å². The van der Waals surface area contributed by atoms with Gasteiger partial charge in [-0.25, -0.2) is 0 Å². The highest BCUT2D eigenvalue weighted by molar-refractivity contribution is 7.09. The van der Waals surface area contributed by atoms with Gasteiger partial charge in [0, 0.05) is 9.90 Å². The molecule has 4 atom stereocenters. The lowest BCUT2D eigenvalue weighted by Gasteiger charge is -2.42. The van der Waals surface area contributed by atoms with Crippen LogP contribution in [0.15, 0.2) is 46.8 Å². The topological polar surface area (TPSA) is 87.1 Å². The molecule has 2 saturated heterocycles. The van der Waals surface area contributed by atoms with Crippen molar-refractivity contribution in [2.24, 2.45) is 17.8 Å². The third-order valence-electron chi connectivity index (χ3n) is 6.95. The Bertz CT molecular complexity index is 1100. The Labute approximate surface area is 195 Å². The van der Waals surface area contributed by atoms with Crippen LogP contribution in [0.25, 0.3) is 0 Å². The Balaban J connectivity index is 1.50. The third kappa shape index (κ3) is 3.50. The molecular formula is C23H23BClNO5S. The fourth-order valence-corrected chi connectivity index (χ4v) is 6.50. The van der Waals surface area contributed by atoms with E-state index in [-0.39, 0.29) is 30.0 Å². The summed E-state index contributed by atoms with van der Waals surface area (Å²) in [6.45, 7) is 2.29. The number of hydrogen-bond acceptors (Lipinski definition) is 6.